The third-order valence-electron chi connectivity index (χ3n) is 2.94. The molecule has 0 saturated heterocycles. The fourth-order valence-electron chi connectivity index (χ4n) is 2.02. The lowest BCUT2D eigenvalue weighted by molar-refractivity contribution is 0.419. The predicted molar refractivity (Wildman–Crippen MR) is 72.5 cm³/mol. The number of aromatic amines is 1. The number of rotatable bonds is 2. The number of nitrogen functional groups attached to an aromatic ring is 1. The number of H-pyrrole nitrogens is 1. The number of nitrogens with two attached hydrogens (primary N) is 1. The lowest BCUT2D eigenvalue weighted by atomic mass is 10.2. The normalized spacial score (nSPS) is 10.7. The van der Waals surface area contributed by atoms with E-state index < -0.39 is 0 Å². The zero-order valence-corrected chi connectivity index (χ0v) is 9.97. The number of nitrogens with one attached hydrogen (secondary N) is 1. The number of nitrogens with zero attached hydrogens (tertiary/aromatic N) is 1. The first-order valence-corrected chi connectivity index (χ1v) is 5.65. The summed E-state index contributed by atoms with van der Waals surface area (Å²) in [5.41, 5.74) is 8.58. The molecular weight excluding hydrogens is 226 g/mol. The summed E-state index contributed by atoms with van der Waals surface area (Å²) in [6.07, 6.45) is 1.76. The Morgan fingerprint density at radius 1 is 1.22 bits per heavy atom. The van der Waals surface area contributed by atoms with Gasteiger partial charge in [0.25, 0.3) is 0 Å². The second-order valence-electron chi connectivity index (χ2n) is 4.08. The molecule has 3 rings (SSSR count). The lowest BCUT2D eigenvalue weighted by Gasteiger charge is -2.00. The second-order valence-corrected chi connectivity index (χ2v) is 4.08. The molecule has 0 unspecified atom stereocenters. The number of benzene rings is 1. The topological polar surface area (TPSA) is 63.9 Å². The molecule has 0 aliphatic rings. The number of pyridine rings is 1. The Hall–Kier alpha value is -2.49. The highest BCUT2D eigenvalue weighted by Gasteiger charge is 2.07. The summed E-state index contributed by atoms with van der Waals surface area (Å²) in [5, 5.41) is 1.11. The molecule has 1 aromatic carbocycles. The Morgan fingerprint density at radius 3 is 2.83 bits per heavy atom. The van der Waals surface area contributed by atoms with E-state index in [0.29, 0.717) is 5.82 Å². The molecule has 3 N–H and O–H groups in total. The largest absolute Gasteiger partial charge is 0.495 e. The molecule has 3 aromatic rings. The average molecular weight is 239 g/mol. The molecule has 0 bridgehead atoms. The quantitative estimate of drug-likeness (QED) is 0.722. The molecule has 0 aliphatic carbocycles. The molecule has 0 atom stereocenters. The van der Waals surface area contributed by atoms with Crippen LogP contribution in [0.15, 0.2) is 42.6 Å². The van der Waals surface area contributed by atoms with E-state index in [4.69, 9.17) is 10.5 Å². The summed E-state index contributed by atoms with van der Waals surface area (Å²) in [7, 11) is 1.67. The fourth-order valence-corrected chi connectivity index (χ4v) is 2.02. The van der Waals surface area contributed by atoms with Gasteiger partial charge in [-0.25, -0.2) is 4.98 Å². The maximum Gasteiger partial charge on any atom is 0.142 e. The fraction of sp³-hybridized carbons (Fsp3) is 0.0714. The number of fused-ring (bicyclic) bond motifs is 1. The van der Waals surface area contributed by atoms with E-state index in [9.17, 15) is 0 Å². The van der Waals surface area contributed by atoms with Crippen molar-refractivity contribution in [2.75, 3.05) is 12.8 Å². The first-order chi connectivity index (χ1) is 8.78. The Morgan fingerprint density at radius 2 is 2.11 bits per heavy atom. The van der Waals surface area contributed by atoms with E-state index in [2.05, 4.69) is 16.0 Å². The maximum absolute atomic E-state index is 5.58. The average Bonchev–Trinajstić information content (AvgIpc) is 2.83. The lowest BCUT2D eigenvalue weighted by Crippen LogP contribution is -1.88. The van der Waals surface area contributed by atoms with Crippen molar-refractivity contribution in [1.82, 2.24) is 9.97 Å². The number of hydrogen-bond donors (Lipinski definition) is 2. The standard InChI is InChI=1S/C14H13N3O/c1-18-12-4-2-3-9-7-11(17-14(9)12)10-5-6-13(15)16-8-10/h2-8,17H,1H3,(H2,15,16). The third kappa shape index (κ3) is 1.68. The van der Waals surface area contributed by atoms with Crippen LogP contribution in [0.5, 0.6) is 5.75 Å². The van der Waals surface area contributed by atoms with Crippen LogP contribution in [0.1, 0.15) is 0 Å². The number of aromatic nitrogens is 2. The van der Waals surface area contributed by atoms with Crippen LogP contribution in [0.2, 0.25) is 0 Å². The van der Waals surface area contributed by atoms with Crippen LogP contribution in [0.4, 0.5) is 5.82 Å². The van der Waals surface area contributed by atoms with Gasteiger partial charge in [-0.1, -0.05) is 12.1 Å². The summed E-state index contributed by atoms with van der Waals surface area (Å²) >= 11 is 0. The highest BCUT2D eigenvalue weighted by molar-refractivity contribution is 5.90. The van der Waals surface area contributed by atoms with Crippen molar-refractivity contribution in [2.45, 2.75) is 0 Å². The highest BCUT2D eigenvalue weighted by atomic mass is 16.5. The number of ether oxygens (including phenoxy) is 1. The predicted octanol–water partition coefficient (Wildman–Crippen LogP) is 2.82. The SMILES string of the molecule is COc1cccc2cc(-c3ccc(N)nc3)[nH]c12. The van der Waals surface area contributed by atoms with Gasteiger partial charge in [0.15, 0.2) is 0 Å². The van der Waals surface area contributed by atoms with Crippen LogP contribution in [0.3, 0.4) is 0 Å². The van der Waals surface area contributed by atoms with E-state index in [1.54, 1.807) is 19.4 Å². The molecule has 0 aliphatic heterocycles. The van der Waals surface area contributed by atoms with Crippen molar-refractivity contribution in [2.24, 2.45) is 0 Å². The molecular formula is C14H13N3O. The van der Waals surface area contributed by atoms with Gasteiger partial charge >= 0.3 is 0 Å². The molecule has 4 nitrogen and oxygen atoms in total. The smallest absolute Gasteiger partial charge is 0.142 e. The zero-order valence-electron chi connectivity index (χ0n) is 9.97. The molecule has 0 saturated carbocycles. The number of para-hydroxylation sites is 1. The van der Waals surface area contributed by atoms with Gasteiger partial charge in [0.05, 0.1) is 12.6 Å². The van der Waals surface area contributed by atoms with Gasteiger partial charge in [-0.05, 0) is 24.3 Å². The van der Waals surface area contributed by atoms with E-state index >= 15 is 0 Å². The molecule has 0 spiro atoms. The van der Waals surface area contributed by atoms with Crippen LogP contribution in [-0.4, -0.2) is 17.1 Å². The molecule has 90 valence electrons. The van der Waals surface area contributed by atoms with E-state index in [1.165, 1.54) is 0 Å². The number of hydrogen-bond acceptors (Lipinski definition) is 3. The van der Waals surface area contributed by atoms with Crippen LogP contribution in [-0.2, 0) is 0 Å². The Labute approximate surface area is 104 Å². The second kappa shape index (κ2) is 4.07. The minimum Gasteiger partial charge on any atom is -0.495 e. The Balaban J connectivity index is 2.16. The highest BCUT2D eigenvalue weighted by Crippen LogP contribution is 2.29. The Bertz CT molecular complexity index is 686. The van der Waals surface area contributed by atoms with Crippen molar-refractivity contribution in [1.29, 1.82) is 0 Å². The van der Waals surface area contributed by atoms with Gasteiger partial charge in [-0.15, -0.1) is 0 Å². The van der Waals surface area contributed by atoms with E-state index in [0.717, 1.165) is 27.9 Å². The van der Waals surface area contributed by atoms with Gasteiger partial charge < -0.3 is 15.5 Å². The van der Waals surface area contributed by atoms with Gasteiger partial charge in [-0.2, -0.15) is 0 Å². The monoisotopic (exact) mass is 239 g/mol. The van der Waals surface area contributed by atoms with Crippen LogP contribution in [0, 0.1) is 0 Å². The van der Waals surface area contributed by atoms with Crippen LogP contribution in [0.25, 0.3) is 22.2 Å². The molecule has 2 aromatic heterocycles. The van der Waals surface area contributed by atoms with Crippen molar-refractivity contribution in [3.8, 4) is 17.0 Å². The van der Waals surface area contributed by atoms with Crippen molar-refractivity contribution in [3.63, 3.8) is 0 Å². The van der Waals surface area contributed by atoms with Gasteiger partial charge in [-0.3, -0.25) is 0 Å². The molecule has 4 heteroatoms. The van der Waals surface area contributed by atoms with Crippen LogP contribution < -0.4 is 10.5 Å². The number of methoxy groups -OCH3 is 1. The van der Waals surface area contributed by atoms with Crippen molar-refractivity contribution < 1.29 is 4.74 Å². The van der Waals surface area contributed by atoms with Gasteiger partial charge in [0.2, 0.25) is 0 Å². The minimum absolute atomic E-state index is 0.521. The van der Waals surface area contributed by atoms with Crippen LogP contribution >= 0.6 is 0 Å². The van der Waals surface area contributed by atoms with E-state index in [1.807, 2.05) is 24.3 Å². The van der Waals surface area contributed by atoms with Crippen molar-refractivity contribution in [3.05, 3.63) is 42.6 Å². The van der Waals surface area contributed by atoms with E-state index in [-0.39, 0.29) is 0 Å². The third-order valence-corrected chi connectivity index (χ3v) is 2.94. The molecule has 2 heterocycles. The minimum atomic E-state index is 0.521. The zero-order chi connectivity index (χ0) is 12.5. The van der Waals surface area contributed by atoms with Gasteiger partial charge in [0.1, 0.15) is 11.6 Å². The summed E-state index contributed by atoms with van der Waals surface area (Å²) < 4.78 is 5.33. The summed E-state index contributed by atoms with van der Waals surface area (Å²) in [6, 6.07) is 11.8. The molecule has 0 radical (unpaired) electrons. The molecule has 0 fully saturated rings. The number of anilines is 1. The summed E-state index contributed by atoms with van der Waals surface area (Å²) in [4.78, 5) is 7.44. The first-order valence-electron chi connectivity index (χ1n) is 5.65. The maximum atomic E-state index is 5.58. The van der Waals surface area contributed by atoms with Gasteiger partial charge in [0, 0.05) is 22.8 Å². The molecule has 0 amide bonds. The Kier molecular flexibility index (Phi) is 2.41. The van der Waals surface area contributed by atoms with Crippen molar-refractivity contribution >= 4 is 16.7 Å². The summed E-state index contributed by atoms with van der Waals surface area (Å²) in [6.45, 7) is 0. The summed E-state index contributed by atoms with van der Waals surface area (Å²) in [5.74, 6) is 1.36. The molecule has 18 heavy (non-hydrogen) atoms. The first kappa shape index (κ1) is 10.7.